The van der Waals surface area contributed by atoms with E-state index in [1.54, 1.807) is 18.2 Å². The fourth-order valence-corrected chi connectivity index (χ4v) is 2.36. The predicted molar refractivity (Wildman–Crippen MR) is 71.4 cm³/mol. The second kappa shape index (κ2) is 4.52. The maximum atomic E-state index is 12.4. The Kier molecular flexibility index (Phi) is 2.84. The third-order valence-electron chi connectivity index (χ3n) is 3.36. The molecule has 0 saturated carbocycles. The van der Waals surface area contributed by atoms with Gasteiger partial charge in [-0.05, 0) is 17.7 Å². The molecule has 0 aliphatic carbocycles. The second-order valence-corrected chi connectivity index (χ2v) is 4.81. The number of carbonyl (C=O) groups excluding carboxylic acids is 1. The molecule has 96 valence electrons. The molecule has 1 aliphatic rings. The topological polar surface area (TPSA) is 46.5 Å². The Morgan fingerprint density at radius 2 is 1.74 bits per heavy atom. The van der Waals surface area contributed by atoms with Gasteiger partial charge in [0.2, 0.25) is 5.78 Å². The van der Waals surface area contributed by atoms with E-state index in [1.807, 2.05) is 36.4 Å². The van der Waals surface area contributed by atoms with Gasteiger partial charge < -0.3 is 9.84 Å². The van der Waals surface area contributed by atoms with Gasteiger partial charge in [-0.25, -0.2) is 0 Å². The zero-order valence-electron chi connectivity index (χ0n) is 10.4. The first kappa shape index (κ1) is 11.9. The minimum absolute atomic E-state index is 0.00224. The zero-order valence-corrected chi connectivity index (χ0v) is 10.4. The summed E-state index contributed by atoms with van der Waals surface area (Å²) in [4.78, 5) is 12.4. The highest BCUT2D eigenvalue weighted by Gasteiger charge is 2.42. The van der Waals surface area contributed by atoms with Crippen LogP contribution in [0.4, 0.5) is 0 Å². The van der Waals surface area contributed by atoms with Gasteiger partial charge in [-0.1, -0.05) is 42.5 Å². The lowest BCUT2D eigenvalue weighted by atomic mass is 9.85. The first-order valence-corrected chi connectivity index (χ1v) is 6.22. The summed E-state index contributed by atoms with van der Waals surface area (Å²) in [7, 11) is 0. The van der Waals surface area contributed by atoms with Crippen LogP contribution in [0.15, 0.2) is 54.6 Å². The SMILES string of the molecule is O=C1c2ccccc2OCC1(O)Cc1ccccc1. The quantitative estimate of drug-likeness (QED) is 0.894. The number of hydrogen-bond donors (Lipinski definition) is 1. The van der Waals surface area contributed by atoms with Crippen molar-refractivity contribution in [2.45, 2.75) is 12.0 Å². The lowest BCUT2D eigenvalue weighted by Crippen LogP contribution is -2.49. The van der Waals surface area contributed by atoms with Crippen LogP contribution in [0.3, 0.4) is 0 Å². The van der Waals surface area contributed by atoms with E-state index in [-0.39, 0.29) is 18.8 Å². The van der Waals surface area contributed by atoms with Crippen LogP contribution in [0.2, 0.25) is 0 Å². The van der Waals surface area contributed by atoms with Gasteiger partial charge in [0, 0.05) is 6.42 Å². The average molecular weight is 254 g/mol. The molecule has 0 aromatic heterocycles. The van der Waals surface area contributed by atoms with E-state index in [0.29, 0.717) is 11.3 Å². The van der Waals surface area contributed by atoms with Crippen LogP contribution in [0.1, 0.15) is 15.9 Å². The molecule has 19 heavy (non-hydrogen) atoms. The van der Waals surface area contributed by atoms with Gasteiger partial charge in [-0.15, -0.1) is 0 Å². The summed E-state index contributed by atoms with van der Waals surface area (Å²) in [5.74, 6) is 0.281. The van der Waals surface area contributed by atoms with Gasteiger partial charge in [0.15, 0.2) is 5.60 Å². The number of Topliss-reactive ketones (excluding diaryl/α,β-unsaturated/α-hetero) is 1. The first-order chi connectivity index (χ1) is 9.19. The van der Waals surface area contributed by atoms with Crippen molar-refractivity contribution in [2.75, 3.05) is 6.61 Å². The van der Waals surface area contributed by atoms with Crippen LogP contribution in [0.25, 0.3) is 0 Å². The molecule has 2 aromatic carbocycles. The van der Waals surface area contributed by atoms with E-state index in [2.05, 4.69) is 0 Å². The Labute approximate surface area is 111 Å². The highest BCUT2D eigenvalue weighted by molar-refractivity contribution is 6.05. The number of carbonyl (C=O) groups is 1. The Morgan fingerprint density at radius 3 is 2.53 bits per heavy atom. The number of hydrogen-bond acceptors (Lipinski definition) is 3. The molecule has 1 N–H and O–H groups in total. The van der Waals surface area contributed by atoms with Crippen molar-refractivity contribution in [3.8, 4) is 5.75 Å². The molecule has 3 nitrogen and oxygen atoms in total. The number of rotatable bonds is 2. The van der Waals surface area contributed by atoms with E-state index in [9.17, 15) is 9.90 Å². The van der Waals surface area contributed by atoms with Gasteiger partial charge in [-0.3, -0.25) is 4.79 Å². The second-order valence-electron chi connectivity index (χ2n) is 4.81. The monoisotopic (exact) mass is 254 g/mol. The Bertz CT molecular complexity index is 606. The van der Waals surface area contributed by atoms with Crippen molar-refractivity contribution in [2.24, 2.45) is 0 Å². The van der Waals surface area contributed by atoms with Gasteiger partial charge in [0.1, 0.15) is 12.4 Å². The van der Waals surface area contributed by atoms with Crippen molar-refractivity contribution < 1.29 is 14.6 Å². The molecular weight excluding hydrogens is 240 g/mol. The highest BCUT2D eigenvalue weighted by atomic mass is 16.5. The molecule has 0 bridgehead atoms. The highest BCUT2D eigenvalue weighted by Crippen LogP contribution is 2.31. The van der Waals surface area contributed by atoms with Gasteiger partial charge in [0.25, 0.3) is 0 Å². The van der Waals surface area contributed by atoms with Crippen molar-refractivity contribution >= 4 is 5.78 Å². The maximum Gasteiger partial charge on any atom is 0.201 e. The Morgan fingerprint density at radius 1 is 1.05 bits per heavy atom. The number of ether oxygens (including phenoxy) is 1. The largest absolute Gasteiger partial charge is 0.489 e. The number of ketones is 1. The molecule has 1 heterocycles. The minimum Gasteiger partial charge on any atom is -0.489 e. The van der Waals surface area contributed by atoms with E-state index >= 15 is 0 Å². The molecule has 1 unspecified atom stereocenters. The molecule has 0 fully saturated rings. The first-order valence-electron chi connectivity index (χ1n) is 6.22. The van der Waals surface area contributed by atoms with Crippen molar-refractivity contribution in [3.63, 3.8) is 0 Å². The molecular formula is C16H14O3. The molecule has 1 aliphatic heterocycles. The van der Waals surface area contributed by atoms with E-state index in [1.165, 1.54) is 0 Å². The molecule has 2 aromatic rings. The fourth-order valence-electron chi connectivity index (χ4n) is 2.36. The third kappa shape index (κ3) is 2.13. The van der Waals surface area contributed by atoms with E-state index in [4.69, 9.17) is 4.74 Å². The van der Waals surface area contributed by atoms with Gasteiger partial charge >= 0.3 is 0 Å². The lowest BCUT2D eigenvalue weighted by molar-refractivity contribution is -0.00193. The van der Waals surface area contributed by atoms with Crippen LogP contribution < -0.4 is 4.74 Å². The zero-order chi connectivity index (χ0) is 13.3. The number of aliphatic hydroxyl groups is 1. The van der Waals surface area contributed by atoms with Crippen LogP contribution in [0, 0.1) is 0 Å². The molecule has 1 atom stereocenters. The van der Waals surface area contributed by atoms with Crippen molar-refractivity contribution in [3.05, 3.63) is 65.7 Å². The normalized spacial score (nSPS) is 21.6. The Balaban J connectivity index is 1.92. The molecule has 0 radical (unpaired) electrons. The predicted octanol–water partition coefficient (Wildman–Crippen LogP) is 2.24. The molecule has 0 saturated heterocycles. The molecule has 3 rings (SSSR count). The fraction of sp³-hybridized carbons (Fsp3) is 0.188. The summed E-state index contributed by atoms with van der Waals surface area (Å²) < 4.78 is 5.51. The molecule has 0 amide bonds. The molecule has 0 spiro atoms. The lowest BCUT2D eigenvalue weighted by Gasteiger charge is -2.32. The van der Waals surface area contributed by atoms with Crippen LogP contribution in [-0.4, -0.2) is 23.1 Å². The van der Waals surface area contributed by atoms with Crippen LogP contribution in [0.5, 0.6) is 5.75 Å². The van der Waals surface area contributed by atoms with E-state index < -0.39 is 5.60 Å². The number of fused-ring (bicyclic) bond motifs is 1. The summed E-state index contributed by atoms with van der Waals surface area (Å²) >= 11 is 0. The number of benzene rings is 2. The summed E-state index contributed by atoms with van der Waals surface area (Å²) in [6, 6.07) is 16.5. The third-order valence-corrected chi connectivity index (χ3v) is 3.36. The maximum absolute atomic E-state index is 12.4. The standard InChI is InChI=1S/C16H14O3/c17-15-13-8-4-5-9-14(13)19-11-16(15,18)10-12-6-2-1-3-7-12/h1-9,18H,10-11H2. The average Bonchev–Trinajstić information content (AvgIpc) is 2.45. The Hall–Kier alpha value is -2.13. The minimum atomic E-state index is -1.48. The van der Waals surface area contributed by atoms with Crippen LogP contribution >= 0.6 is 0 Å². The summed E-state index contributed by atoms with van der Waals surface area (Å²) in [6.07, 6.45) is 0.265. The van der Waals surface area contributed by atoms with Crippen molar-refractivity contribution in [1.82, 2.24) is 0 Å². The summed E-state index contributed by atoms with van der Waals surface area (Å²) in [5, 5.41) is 10.6. The number of para-hydroxylation sites is 1. The van der Waals surface area contributed by atoms with Gasteiger partial charge in [0.05, 0.1) is 5.56 Å². The van der Waals surface area contributed by atoms with E-state index in [0.717, 1.165) is 5.56 Å². The smallest absolute Gasteiger partial charge is 0.201 e. The summed E-state index contributed by atoms with van der Waals surface area (Å²) in [5.41, 5.74) is -0.107. The van der Waals surface area contributed by atoms with Crippen LogP contribution in [-0.2, 0) is 6.42 Å². The van der Waals surface area contributed by atoms with Crippen molar-refractivity contribution in [1.29, 1.82) is 0 Å². The summed E-state index contributed by atoms with van der Waals surface area (Å²) in [6.45, 7) is -0.00224. The van der Waals surface area contributed by atoms with Gasteiger partial charge in [-0.2, -0.15) is 0 Å². The molecule has 3 heteroatoms.